The molecular weight excluding hydrogens is 312 g/mol. The third-order valence-corrected chi connectivity index (χ3v) is 4.13. The van der Waals surface area contributed by atoms with Crippen LogP contribution in [0.15, 0.2) is 24.3 Å². The number of hydrogen-bond donors (Lipinski definition) is 1. The minimum absolute atomic E-state index is 0.0583. The number of hydrogen-bond acceptors (Lipinski definition) is 2. The van der Waals surface area contributed by atoms with Crippen LogP contribution in [0.1, 0.15) is 69.3 Å². The van der Waals surface area contributed by atoms with Gasteiger partial charge in [-0.1, -0.05) is 39.8 Å². The molecule has 0 aliphatic heterocycles. The first-order valence-electron chi connectivity index (χ1n) is 9.62. The summed E-state index contributed by atoms with van der Waals surface area (Å²) in [4.78, 5) is 26.6. The first-order valence-corrected chi connectivity index (χ1v) is 9.62. The van der Waals surface area contributed by atoms with Gasteiger partial charge < -0.3 is 10.2 Å². The second kappa shape index (κ2) is 11.7. The summed E-state index contributed by atoms with van der Waals surface area (Å²) in [6, 6.07) is 7.42. The molecule has 0 heterocycles. The van der Waals surface area contributed by atoms with E-state index >= 15 is 0 Å². The smallest absolute Gasteiger partial charge is 0.251 e. The molecule has 140 valence electrons. The van der Waals surface area contributed by atoms with Crippen LogP contribution in [0.5, 0.6) is 0 Å². The van der Waals surface area contributed by atoms with Crippen LogP contribution in [0.4, 0.5) is 0 Å². The molecule has 0 saturated carbocycles. The van der Waals surface area contributed by atoms with Gasteiger partial charge >= 0.3 is 0 Å². The molecule has 4 heteroatoms. The van der Waals surface area contributed by atoms with E-state index in [-0.39, 0.29) is 11.8 Å². The SMILES string of the molecule is CCCN(CCC)C(=O)Cc1cccc(C(=O)NCCCC(C)C)c1. The van der Waals surface area contributed by atoms with E-state index < -0.39 is 0 Å². The van der Waals surface area contributed by atoms with E-state index in [2.05, 4.69) is 33.0 Å². The molecule has 0 unspecified atom stereocenters. The predicted molar refractivity (Wildman–Crippen MR) is 104 cm³/mol. The van der Waals surface area contributed by atoms with Crippen LogP contribution in [0.25, 0.3) is 0 Å². The Morgan fingerprint density at radius 3 is 2.40 bits per heavy atom. The van der Waals surface area contributed by atoms with Crippen LogP contribution in [-0.4, -0.2) is 36.3 Å². The van der Waals surface area contributed by atoms with E-state index in [0.29, 0.717) is 24.4 Å². The van der Waals surface area contributed by atoms with Crippen molar-refractivity contribution in [3.8, 4) is 0 Å². The molecule has 0 aliphatic rings. The molecule has 0 fully saturated rings. The number of nitrogens with one attached hydrogen (secondary N) is 1. The molecule has 4 nitrogen and oxygen atoms in total. The van der Waals surface area contributed by atoms with Crippen LogP contribution in [-0.2, 0) is 11.2 Å². The predicted octanol–water partition coefficient (Wildman–Crippen LogP) is 4.04. The Hall–Kier alpha value is -1.84. The lowest BCUT2D eigenvalue weighted by molar-refractivity contribution is -0.130. The van der Waals surface area contributed by atoms with Gasteiger partial charge in [0.2, 0.25) is 5.91 Å². The number of carbonyl (C=O) groups excluding carboxylic acids is 2. The van der Waals surface area contributed by atoms with Crippen LogP contribution >= 0.6 is 0 Å². The van der Waals surface area contributed by atoms with Crippen molar-refractivity contribution in [3.05, 3.63) is 35.4 Å². The Labute approximate surface area is 153 Å². The molecule has 0 radical (unpaired) electrons. The second-order valence-electron chi connectivity index (χ2n) is 7.05. The summed E-state index contributed by atoms with van der Waals surface area (Å²) in [5.74, 6) is 0.732. The van der Waals surface area contributed by atoms with Crippen molar-refractivity contribution < 1.29 is 9.59 Å². The molecule has 0 spiro atoms. The molecule has 1 rings (SSSR count). The van der Waals surface area contributed by atoms with Gasteiger partial charge in [0.05, 0.1) is 6.42 Å². The number of benzene rings is 1. The lowest BCUT2D eigenvalue weighted by atomic mass is 10.1. The van der Waals surface area contributed by atoms with Gasteiger partial charge in [-0.25, -0.2) is 0 Å². The average Bonchev–Trinajstić information content (AvgIpc) is 2.58. The highest BCUT2D eigenvalue weighted by atomic mass is 16.2. The monoisotopic (exact) mass is 346 g/mol. The third kappa shape index (κ3) is 8.19. The molecule has 0 saturated heterocycles. The second-order valence-corrected chi connectivity index (χ2v) is 7.05. The molecule has 0 bridgehead atoms. The first-order chi connectivity index (χ1) is 12.0. The molecule has 1 aromatic rings. The fourth-order valence-electron chi connectivity index (χ4n) is 2.82. The normalized spacial score (nSPS) is 10.8. The first kappa shape index (κ1) is 21.2. The fourth-order valence-corrected chi connectivity index (χ4v) is 2.82. The van der Waals surface area contributed by atoms with Crippen molar-refractivity contribution in [3.63, 3.8) is 0 Å². The van der Waals surface area contributed by atoms with Crippen molar-refractivity contribution in [2.45, 2.75) is 59.8 Å². The van der Waals surface area contributed by atoms with Crippen molar-refractivity contribution >= 4 is 11.8 Å². The molecule has 25 heavy (non-hydrogen) atoms. The van der Waals surface area contributed by atoms with Crippen LogP contribution < -0.4 is 5.32 Å². The Bertz CT molecular complexity index is 534. The molecule has 1 aromatic carbocycles. The van der Waals surface area contributed by atoms with E-state index in [1.807, 2.05) is 29.2 Å². The van der Waals surface area contributed by atoms with E-state index in [1.165, 1.54) is 0 Å². The lowest BCUT2D eigenvalue weighted by Gasteiger charge is -2.21. The Kier molecular flexibility index (Phi) is 9.90. The minimum Gasteiger partial charge on any atom is -0.352 e. The van der Waals surface area contributed by atoms with Gasteiger partial charge in [-0.3, -0.25) is 9.59 Å². The van der Waals surface area contributed by atoms with E-state index in [9.17, 15) is 9.59 Å². The average molecular weight is 347 g/mol. The standard InChI is InChI=1S/C21H34N2O2/c1-5-13-23(14-6-2)20(24)16-18-10-7-11-19(15-18)21(25)22-12-8-9-17(3)4/h7,10-11,15,17H,5-6,8-9,12-14,16H2,1-4H3,(H,22,25). The van der Waals surface area contributed by atoms with Gasteiger partial charge in [-0.2, -0.15) is 0 Å². The molecule has 2 amide bonds. The Morgan fingerprint density at radius 1 is 1.12 bits per heavy atom. The van der Waals surface area contributed by atoms with Crippen molar-refractivity contribution in [1.29, 1.82) is 0 Å². The van der Waals surface area contributed by atoms with E-state index in [1.54, 1.807) is 0 Å². The maximum Gasteiger partial charge on any atom is 0.251 e. The quantitative estimate of drug-likeness (QED) is 0.615. The highest BCUT2D eigenvalue weighted by molar-refractivity contribution is 5.94. The van der Waals surface area contributed by atoms with Gasteiger partial charge in [0, 0.05) is 25.2 Å². The van der Waals surface area contributed by atoms with Crippen molar-refractivity contribution in [2.75, 3.05) is 19.6 Å². The van der Waals surface area contributed by atoms with Gasteiger partial charge in [0.25, 0.3) is 5.91 Å². The van der Waals surface area contributed by atoms with Crippen molar-refractivity contribution in [2.24, 2.45) is 5.92 Å². The van der Waals surface area contributed by atoms with Gasteiger partial charge in [0.15, 0.2) is 0 Å². The van der Waals surface area contributed by atoms with Gasteiger partial charge in [0.1, 0.15) is 0 Å². The van der Waals surface area contributed by atoms with Gasteiger partial charge in [-0.05, 0) is 49.3 Å². The topological polar surface area (TPSA) is 49.4 Å². The van der Waals surface area contributed by atoms with Crippen LogP contribution in [0, 0.1) is 5.92 Å². The molecule has 0 atom stereocenters. The van der Waals surface area contributed by atoms with Crippen molar-refractivity contribution in [1.82, 2.24) is 10.2 Å². The Balaban J connectivity index is 2.61. The van der Waals surface area contributed by atoms with E-state index in [0.717, 1.165) is 44.3 Å². The maximum atomic E-state index is 12.5. The van der Waals surface area contributed by atoms with E-state index in [4.69, 9.17) is 0 Å². The summed E-state index contributed by atoms with van der Waals surface area (Å²) in [6.45, 7) is 10.8. The third-order valence-electron chi connectivity index (χ3n) is 4.13. The molecule has 0 aliphatic carbocycles. The van der Waals surface area contributed by atoms with Crippen LogP contribution in [0.3, 0.4) is 0 Å². The maximum absolute atomic E-state index is 12.5. The summed E-state index contributed by atoms with van der Waals surface area (Å²) < 4.78 is 0. The largest absolute Gasteiger partial charge is 0.352 e. The summed E-state index contributed by atoms with van der Waals surface area (Å²) in [7, 11) is 0. The van der Waals surface area contributed by atoms with Crippen LogP contribution in [0.2, 0.25) is 0 Å². The molecular formula is C21H34N2O2. The number of amides is 2. The lowest BCUT2D eigenvalue weighted by Crippen LogP contribution is -2.33. The Morgan fingerprint density at radius 2 is 1.80 bits per heavy atom. The zero-order chi connectivity index (χ0) is 18.7. The summed E-state index contributed by atoms with van der Waals surface area (Å²) in [5.41, 5.74) is 1.53. The fraction of sp³-hybridized carbons (Fsp3) is 0.619. The summed E-state index contributed by atoms with van der Waals surface area (Å²) in [5, 5.41) is 2.96. The highest BCUT2D eigenvalue weighted by Crippen LogP contribution is 2.09. The summed E-state index contributed by atoms with van der Waals surface area (Å²) in [6.07, 6.45) is 4.38. The highest BCUT2D eigenvalue weighted by Gasteiger charge is 2.13. The van der Waals surface area contributed by atoms with Gasteiger partial charge in [-0.15, -0.1) is 0 Å². The number of carbonyl (C=O) groups is 2. The number of rotatable bonds is 11. The zero-order valence-electron chi connectivity index (χ0n) is 16.3. The molecule has 1 N–H and O–H groups in total. The zero-order valence-corrected chi connectivity index (χ0v) is 16.3. The number of nitrogens with zero attached hydrogens (tertiary/aromatic N) is 1. The minimum atomic E-state index is -0.0583. The molecule has 0 aromatic heterocycles. The summed E-state index contributed by atoms with van der Waals surface area (Å²) >= 11 is 0.